The summed E-state index contributed by atoms with van der Waals surface area (Å²) in [5, 5.41) is 7.00. The molecule has 1 N–H and O–H groups in total. The normalized spacial score (nSPS) is 20.1. The van der Waals surface area contributed by atoms with E-state index in [1.807, 2.05) is 19.1 Å². The Kier molecular flexibility index (Phi) is 4.01. The van der Waals surface area contributed by atoms with Gasteiger partial charge in [-0.25, -0.2) is 9.97 Å². The van der Waals surface area contributed by atoms with E-state index >= 15 is 0 Å². The minimum absolute atomic E-state index is 0.433. The highest BCUT2D eigenvalue weighted by Gasteiger charge is 2.25. The average molecular weight is 285 g/mol. The van der Waals surface area contributed by atoms with Gasteiger partial charge in [0.15, 0.2) is 0 Å². The van der Waals surface area contributed by atoms with Crippen LogP contribution in [0.15, 0.2) is 18.3 Å². The van der Waals surface area contributed by atoms with Crippen molar-refractivity contribution in [2.24, 2.45) is 0 Å². The first-order valence-corrected chi connectivity index (χ1v) is 7.73. The number of aromatic nitrogens is 4. The van der Waals surface area contributed by atoms with Crippen molar-refractivity contribution >= 4 is 0 Å². The van der Waals surface area contributed by atoms with Gasteiger partial charge >= 0.3 is 0 Å². The van der Waals surface area contributed by atoms with Gasteiger partial charge in [-0.15, -0.1) is 0 Å². The molecule has 1 aliphatic heterocycles. The first-order valence-electron chi connectivity index (χ1n) is 7.73. The van der Waals surface area contributed by atoms with E-state index in [1.165, 1.54) is 19.4 Å². The molecule has 0 radical (unpaired) electrons. The van der Waals surface area contributed by atoms with Crippen LogP contribution in [0.1, 0.15) is 44.1 Å². The molecule has 2 aromatic heterocycles. The van der Waals surface area contributed by atoms with E-state index in [0.29, 0.717) is 12.0 Å². The van der Waals surface area contributed by atoms with Gasteiger partial charge in [-0.05, 0) is 52.3 Å². The Morgan fingerprint density at radius 2 is 2.19 bits per heavy atom. The molecule has 3 heterocycles. The maximum absolute atomic E-state index is 4.78. The Hall–Kier alpha value is -1.75. The molecule has 5 nitrogen and oxygen atoms in total. The molecule has 112 valence electrons. The summed E-state index contributed by atoms with van der Waals surface area (Å²) in [6.07, 6.45) is 4.15. The second-order valence-electron chi connectivity index (χ2n) is 6.15. The highest BCUT2D eigenvalue weighted by Crippen LogP contribution is 2.27. The van der Waals surface area contributed by atoms with Crippen LogP contribution in [-0.2, 0) is 0 Å². The number of likely N-dealkylation sites (tertiary alicyclic amines) is 1. The zero-order valence-corrected chi connectivity index (χ0v) is 13.0. The molecule has 1 atom stereocenters. The molecule has 1 aliphatic rings. The lowest BCUT2D eigenvalue weighted by Crippen LogP contribution is -2.39. The van der Waals surface area contributed by atoms with Crippen molar-refractivity contribution in [3.8, 4) is 11.4 Å². The van der Waals surface area contributed by atoms with Crippen LogP contribution < -0.4 is 0 Å². The van der Waals surface area contributed by atoms with E-state index in [2.05, 4.69) is 33.9 Å². The Morgan fingerprint density at radius 3 is 2.90 bits per heavy atom. The van der Waals surface area contributed by atoms with Crippen LogP contribution in [-0.4, -0.2) is 44.2 Å². The molecule has 3 rings (SSSR count). The summed E-state index contributed by atoms with van der Waals surface area (Å²) in [6, 6.07) is 4.55. The number of nitrogens with zero attached hydrogens (tertiary/aromatic N) is 4. The Balaban J connectivity index is 1.88. The van der Waals surface area contributed by atoms with Crippen molar-refractivity contribution < 1.29 is 0 Å². The van der Waals surface area contributed by atoms with Crippen LogP contribution in [0.3, 0.4) is 0 Å². The van der Waals surface area contributed by atoms with Crippen LogP contribution in [0.2, 0.25) is 0 Å². The standard InChI is InChI=1S/C16H23N5/c1-11(2)21-8-4-5-13(10-21)16-18-12(3)9-15(19-16)14-6-7-17-20-14/h6-7,9,11,13H,4-5,8,10H2,1-3H3,(H,17,20). The van der Waals surface area contributed by atoms with Gasteiger partial charge in [-0.2, -0.15) is 5.10 Å². The number of aromatic amines is 1. The summed E-state index contributed by atoms with van der Waals surface area (Å²) in [6.45, 7) is 8.80. The van der Waals surface area contributed by atoms with Gasteiger partial charge in [-0.3, -0.25) is 5.10 Å². The van der Waals surface area contributed by atoms with E-state index in [0.717, 1.165) is 29.5 Å². The highest BCUT2D eigenvalue weighted by atomic mass is 15.2. The lowest BCUT2D eigenvalue weighted by molar-refractivity contribution is 0.165. The Morgan fingerprint density at radius 1 is 1.33 bits per heavy atom. The summed E-state index contributed by atoms with van der Waals surface area (Å²) in [5.74, 6) is 1.41. The average Bonchev–Trinajstić information content (AvgIpc) is 3.01. The van der Waals surface area contributed by atoms with Gasteiger partial charge < -0.3 is 4.90 Å². The van der Waals surface area contributed by atoms with Crippen molar-refractivity contribution in [1.82, 2.24) is 25.1 Å². The number of aryl methyl sites for hydroxylation is 1. The second kappa shape index (κ2) is 5.93. The largest absolute Gasteiger partial charge is 0.300 e. The SMILES string of the molecule is Cc1cc(-c2ccn[nH]2)nc(C2CCCN(C(C)C)C2)n1. The minimum Gasteiger partial charge on any atom is -0.300 e. The highest BCUT2D eigenvalue weighted by molar-refractivity contribution is 5.53. The number of piperidine rings is 1. The Bertz CT molecular complexity index is 591. The van der Waals surface area contributed by atoms with E-state index < -0.39 is 0 Å². The van der Waals surface area contributed by atoms with Crippen molar-refractivity contribution in [3.05, 3.63) is 29.8 Å². The van der Waals surface area contributed by atoms with Crippen molar-refractivity contribution in [2.45, 2.75) is 45.6 Å². The molecule has 0 saturated carbocycles. The van der Waals surface area contributed by atoms with Crippen LogP contribution in [0.4, 0.5) is 0 Å². The molecular weight excluding hydrogens is 262 g/mol. The molecule has 1 unspecified atom stereocenters. The molecule has 0 aliphatic carbocycles. The summed E-state index contributed by atoms with van der Waals surface area (Å²) in [5.41, 5.74) is 2.92. The summed E-state index contributed by atoms with van der Waals surface area (Å²) in [7, 11) is 0. The van der Waals surface area contributed by atoms with Gasteiger partial charge in [0.1, 0.15) is 5.82 Å². The second-order valence-corrected chi connectivity index (χ2v) is 6.15. The van der Waals surface area contributed by atoms with E-state index in [9.17, 15) is 0 Å². The zero-order valence-electron chi connectivity index (χ0n) is 13.0. The third-order valence-corrected chi connectivity index (χ3v) is 4.20. The molecule has 0 amide bonds. The topological polar surface area (TPSA) is 57.7 Å². The van der Waals surface area contributed by atoms with Gasteiger partial charge in [0.2, 0.25) is 0 Å². The third-order valence-electron chi connectivity index (χ3n) is 4.20. The van der Waals surface area contributed by atoms with Crippen molar-refractivity contribution in [1.29, 1.82) is 0 Å². The maximum Gasteiger partial charge on any atom is 0.133 e. The van der Waals surface area contributed by atoms with E-state index in [-0.39, 0.29) is 0 Å². The van der Waals surface area contributed by atoms with Crippen LogP contribution in [0.5, 0.6) is 0 Å². The fourth-order valence-corrected chi connectivity index (χ4v) is 3.00. The first kappa shape index (κ1) is 14.2. The van der Waals surface area contributed by atoms with Crippen LogP contribution >= 0.6 is 0 Å². The Labute approximate surface area is 125 Å². The first-order chi connectivity index (χ1) is 10.1. The van der Waals surface area contributed by atoms with E-state index in [4.69, 9.17) is 4.98 Å². The third kappa shape index (κ3) is 3.13. The summed E-state index contributed by atoms with van der Waals surface area (Å²) >= 11 is 0. The molecule has 0 bridgehead atoms. The monoisotopic (exact) mass is 285 g/mol. The van der Waals surface area contributed by atoms with Gasteiger partial charge in [0, 0.05) is 30.4 Å². The molecule has 0 aromatic carbocycles. The van der Waals surface area contributed by atoms with E-state index in [1.54, 1.807) is 6.20 Å². The quantitative estimate of drug-likeness (QED) is 0.942. The molecule has 2 aromatic rings. The van der Waals surface area contributed by atoms with Gasteiger partial charge in [0.25, 0.3) is 0 Å². The predicted molar refractivity (Wildman–Crippen MR) is 83.0 cm³/mol. The molecule has 21 heavy (non-hydrogen) atoms. The fourth-order valence-electron chi connectivity index (χ4n) is 3.00. The smallest absolute Gasteiger partial charge is 0.133 e. The fraction of sp³-hybridized carbons (Fsp3) is 0.562. The lowest BCUT2D eigenvalue weighted by atomic mass is 9.96. The van der Waals surface area contributed by atoms with Gasteiger partial charge in [-0.1, -0.05) is 0 Å². The predicted octanol–water partition coefficient (Wildman–Crippen LogP) is 2.76. The molecule has 5 heteroatoms. The van der Waals surface area contributed by atoms with Crippen LogP contribution in [0, 0.1) is 6.92 Å². The summed E-state index contributed by atoms with van der Waals surface area (Å²) < 4.78 is 0. The number of rotatable bonds is 3. The van der Waals surface area contributed by atoms with Crippen molar-refractivity contribution in [3.63, 3.8) is 0 Å². The lowest BCUT2D eigenvalue weighted by Gasteiger charge is -2.34. The molecule has 1 fully saturated rings. The number of hydrogen-bond acceptors (Lipinski definition) is 4. The minimum atomic E-state index is 0.433. The van der Waals surface area contributed by atoms with Crippen molar-refractivity contribution in [2.75, 3.05) is 13.1 Å². The van der Waals surface area contributed by atoms with Crippen LogP contribution in [0.25, 0.3) is 11.4 Å². The van der Waals surface area contributed by atoms with Gasteiger partial charge in [0.05, 0.1) is 11.4 Å². The molecular formula is C16H23N5. The molecule has 1 saturated heterocycles. The zero-order chi connectivity index (χ0) is 14.8. The molecule has 0 spiro atoms. The maximum atomic E-state index is 4.78. The number of H-pyrrole nitrogens is 1. The number of hydrogen-bond donors (Lipinski definition) is 1. The number of nitrogens with one attached hydrogen (secondary N) is 1. The summed E-state index contributed by atoms with van der Waals surface area (Å²) in [4.78, 5) is 12.0.